The Balaban J connectivity index is 1.79. The second-order valence-electron chi connectivity index (χ2n) is 5.40. The molecule has 3 rings (SSSR count). The van der Waals surface area contributed by atoms with Crippen molar-refractivity contribution in [2.24, 2.45) is 5.73 Å². The van der Waals surface area contributed by atoms with Gasteiger partial charge in [-0.15, -0.1) is 0 Å². The van der Waals surface area contributed by atoms with Crippen LogP contribution in [-0.2, 0) is 13.0 Å². The molecule has 0 aliphatic heterocycles. The van der Waals surface area contributed by atoms with Gasteiger partial charge in [-0.2, -0.15) is 0 Å². The van der Waals surface area contributed by atoms with Crippen LogP contribution in [0.1, 0.15) is 11.3 Å². The maximum absolute atomic E-state index is 10.0. The van der Waals surface area contributed by atoms with Gasteiger partial charge in [-0.1, -0.05) is 12.1 Å². The van der Waals surface area contributed by atoms with Crippen molar-refractivity contribution < 1.29 is 14.9 Å². The number of fused-ring (bicyclic) bond motifs is 1. The van der Waals surface area contributed by atoms with E-state index in [1.54, 1.807) is 24.3 Å². The Morgan fingerprint density at radius 1 is 1.04 bits per heavy atom. The summed E-state index contributed by atoms with van der Waals surface area (Å²) in [4.78, 5) is 4.50. The van der Waals surface area contributed by atoms with Crippen molar-refractivity contribution in [3.05, 3.63) is 58.2 Å². The number of rotatable bonds is 5. The summed E-state index contributed by atoms with van der Waals surface area (Å²) in [6.45, 7) is 0.740. The number of hydrogen-bond acceptors (Lipinski definition) is 5. The molecule has 0 radical (unpaired) electrons. The largest absolute Gasteiger partial charge is 0.507 e. The van der Waals surface area contributed by atoms with Gasteiger partial charge in [-0.25, -0.2) is 4.98 Å². The van der Waals surface area contributed by atoms with E-state index in [1.165, 1.54) is 0 Å². The zero-order valence-electron chi connectivity index (χ0n) is 12.9. The van der Waals surface area contributed by atoms with Crippen molar-refractivity contribution in [3.63, 3.8) is 0 Å². The van der Waals surface area contributed by atoms with Gasteiger partial charge >= 0.3 is 0 Å². The van der Waals surface area contributed by atoms with E-state index >= 15 is 0 Å². The standard InChI is InChI=1S/C18H17BrN2O3/c19-17-14(22)5-3-12-2-4-13(21-18(12)17)10-24-16-6-1-11(7-8-20)9-15(16)23/h1-6,9,22-23H,7-8,10,20H2. The molecular formula is C18H17BrN2O3. The van der Waals surface area contributed by atoms with Gasteiger partial charge < -0.3 is 20.7 Å². The smallest absolute Gasteiger partial charge is 0.161 e. The van der Waals surface area contributed by atoms with Gasteiger partial charge in [0.25, 0.3) is 0 Å². The van der Waals surface area contributed by atoms with Crippen molar-refractivity contribution in [2.75, 3.05) is 6.54 Å². The highest BCUT2D eigenvalue weighted by Crippen LogP contribution is 2.31. The Morgan fingerprint density at radius 2 is 1.83 bits per heavy atom. The average Bonchev–Trinajstić information content (AvgIpc) is 2.58. The van der Waals surface area contributed by atoms with Gasteiger partial charge in [0.2, 0.25) is 0 Å². The van der Waals surface area contributed by atoms with Crippen molar-refractivity contribution in [1.82, 2.24) is 4.98 Å². The zero-order valence-corrected chi connectivity index (χ0v) is 14.5. The molecule has 0 saturated carbocycles. The van der Waals surface area contributed by atoms with Crippen LogP contribution in [-0.4, -0.2) is 21.7 Å². The molecule has 0 aliphatic carbocycles. The van der Waals surface area contributed by atoms with Crippen LogP contribution in [0.4, 0.5) is 0 Å². The Labute approximate surface area is 147 Å². The predicted molar refractivity (Wildman–Crippen MR) is 96.3 cm³/mol. The van der Waals surface area contributed by atoms with Gasteiger partial charge in [0, 0.05) is 5.39 Å². The van der Waals surface area contributed by atoms with Crippen molar-refractivity contribution in [2.45, 2.75) is 13.0 Å². The number of nitrogens with zero attached hydrogens (tertiary/aromatic N) is 1. The van der Waals surface area contributed by atoms with Crippen molar-refractivity contribution in [3.8, 4) is 17.2 Å². The minimum atomic E-state index is 0.0839. The first kappa shape index (κ1) is 16.5. The van der Waals surface area contributed by atoms with Crippen LogP contribution >= 0.6 is 15.9 Å². The molecule has 0 atom stereocenters. The second kappa shape index (κ2) is 7.07. The Hall–Kier alpha value is -2.31. The van der Waals surface area contributed by atoms with Crippen LogP contribution in [0.5, 0.6) is 17.2 Å². The number of aromatic hydroxyl groups is 2. The quantitative estimate of drug-likeness (QED) is 0.622. The summed E-state index contributed by atoms with van der Waals surface area (Å²) in [6, 6.07) is 12.4. The molecule has 0 fully saturated rings. The molecule has 4 N–H and O–H groups in total. The maximum atomic E-state index is 10.0. The van der Waals surface area contributed by atoms with E-state index in [0.29, 0.717) is 34.4 Å². The van der Waals surface area contributed by atoms with E-state index < -0.39 is 0 Å². The molecule has 0 aliphatic rings. The fourth-order valence-corrected chi connectivity index (χ4v) is 2.87. The fourth-order valence-electron chi connectivity index (χ4n) is 2.42. The molecule has 0 amide bonds. The normalized spacial score (nSPS) is 10.9. The van der Waals surface area contributed by atoms with Crippen LogP contribution in [0.25, 0.3) is 10.9 Å². The lowest BCUT2D eigenvalue weighted by atomic mass is 10.1. The molecule has 0 bridgehead atoms. The van der Waals surface area contributed by atoms with Crippen LogP contribution in [0.3, 0.4) is 0 Å². The first-order chi connectivity index (χ1) is 11.6. The highest BCUT2D eigenvalue weighted by molar-refractivity contribution is 9.10. The first-order valence-electron chi connectivity index (χ1n) is 7.50. The SMILES string of the molecule is NCCc1ccc(OCc2ccc3ccc(O)c(Br)c3n2)c(O)c1. The molecule has 24 heavy (non-hydrogen) atoms. The van der Waals surface area contributed by atoms with E-state index in [2.05, 4.69) is 20.9 Å². The molecule has 1 heterocycles. The summed E-state index contributed by atoms with van der Waals surface area (Å²) < 4.78 is 6.21. The summed E-state index contributed by atoms with van der Waals surface area (Å²) in [6.07, 6.45) is 0.706. The Morgan fingerprint density at radius 3 is 2.58 bits per heavy atom. The summed E-state index contributed by atoms with van der Waals surface area (Å²) in [7, 11) is 0. The van der Waals surface area contributed by atoms with Crippen LogP contribution in [0.2, 0.25) is 0 Å². The number of phenols is 2. The molecule has 0 unspecified atom stereocenters. The van der Waals surface area contributed by atoms with Gasteiger partial charge in [-0.3, -0.25) is 0 Å². The topological polar surface area (TPSA) is 88.6 Å². The van der Waals surface area contributed by atoms with E-state index in [-0.39, 0.29) is 18.1 Å². The summed E-state index contributed by atoms with van der Waals surface area (Å²) >= 11 is 3.34. The number of hydrogen-bond donors (Lipinski definition) is 3. The van der Waals surface area contributed by atoms with Crippen LogP contribution in [0, 0.1) is 0 Å². The van der Waals surface area contributed by atoms with E-state index in [4.69, 9.17) is 10.5 Å². The van der Waals surface area contributed by atoms with E-state index in [9.17, 15) is 10.2 Å². The lowest BCUT2D eigenvalue weighted by Gasteiger charge is -2.10. The number of benzene rings is 2. The highest BCUT2D eigenvalue weighted by atomic mass is 79.9. The van der Waals surface area contributed by atoms with Gasteiger partial charge in [0.15, 0.2) is 11.5 Å². The summed E-state index contributed by atoms with van der Waals surface area (Å²) in [5, 5.41) is 20.7. The number of nitrogens with two attached hydrogens (primary N) is 1. The summed E-state index contributed by atoms with van der Waals surface area (Å²) in [5.74, 6) is 0.620. The van der Waals surface area contributed by atoms with Crippen molar-refractivity contribution >= 4 is 26.8 Å². The average molecular weight is 389 g/mol. The number of pyridine rings is 1. The maximum Gasteiger partial charge on any atom is 0.161 e. The molecule has 5 nitrogen and oxygen atoms in total. The highest BCUT2D eigenvalue weighted by Gasteiger charge is 2.08. The Bertz CT molecular complexity index is 884. The summed E-state index contributed by atoms with van der Waals surface area (Å²) in [5.41, 5.74) is 7.83. The first-order valence-corrected chi connectivity index (χ1v) is 8.29. The minimum absolute atomic E-state index is 0.0839. The molecule has 0 saturated heterocycles. The second-order valence-corrected chi connectivity index (χ2v) is 6.20. The minimum Gasteiger partial charge on any atom is -0.507 e. The fraction of sp³-hybridized carbons (Fsp3) is 0.167. The molecule has 124 valence electrons. The van der Waals surface area contributed by atoms with Gasteiger partial charge in [-0.05, 0) is 64.8 Å². The number of aromatic nitrogens is 1. The lowest BCUT2D eigenvalue weighted by Crippen LogP contribution is -2.03. The third-order valence-corrected chi connectivity index (χ3v) is 4.45. The van der Waals surface area contributed by atoms with Crippen LogP contribution < -0.4 is 10.5 Å². The molecule has 0 spiro atoms. The van der Waals surface area contributed by atoms with E-state index in [1.807, 2.05) is 18.2 Å². The third-order valence-electron chi connectivity index (χ3n) is 3.67. The number of ether oxygens (including phenoxy) is 1. The lowest BCUT2D eigenvalue weighted by molar-refractivity contribution is 0.285. The molecule has 6 heteroatoms. The van der Waals surface area contributed by atoms with Crippen molar-refractivity contribution in [1.29, 1.82) is 0 Å². The monoisotopic (exact) mass is 388 g/mol. The molecule has 1 aromatic heterocycles. The molecule has 3 aromatic rings. The van der Waals surface area contributed by atoms with Crippen LogP contribution in [0.15, 0.2) is 46.9 Å². The van der Waals surface area contributed by atoms with E-state index in [0.717, 1.165) is 10.9 Å². The molecular weight excluding hydrogens is 372 g/mol. The van der Waals surface area contributed by atoms with Gasteiger partial charge in [0.1, 0.15) is 12.4 Å². The van der Waals surface area contributed by atoms with Gasteiger partial charge in [0.05, 0.1) is 15.7 Å². The Kier molecular flexibility index (Phi) is 4.87. The number of halogens is 1. The third kappa shape index (κ3) is 3.44. The predicted octanol–water partition coefficient (Wildman–Crippen LogP) is 3.49. The molecule has 2 aromatic carbocycles. The zero-order chi connectivity index (χ0) is 17.1. The number of phenolic OH excluding ortho intramolecular Hbond substituents is 2.